The van der Waals surface area contributed by atoms with Gasteiger partial charge in [-0.3, -0.25) is 4.68 Å². The molecule has 0 saturated heterocycles. The Kier molecular flexibility index (Phi) is 2.71. The summed E-state index contributed by atoms with van der Waals surface area (Å²) in [5.41, 5.74) is 1.35. The molecule has 0 aromatic carbocycles. The summed E-state index contributed by atoms with van der Waals surface area (Å²) in [4.78, 5) is 0. The van der Waals surface area contributed by atoms with Crippen LogP contribution in [-0.4, -0.2) is 9.78 Å². The van der Waals surface area contributed by atoms with Crippen molar-refractivity contribution in [3.63, 3.8) is 0 Å². The monoisotopic (exact) mass is 250 g/mol. The number of hydrogen-bond donors (Lipinski definition) is 0. The second-order valence-corrected chi connectivity index (χ2v) is 3.15. The normalized spacial score (nSPS) is 10.3. The summed E-state index contributed by atoms with van der Waals surface area (Å²) in [5.74, 6) is 0. The van der Waals surface area contributed by atoms with Crippen LogP contribution < -0.4 is 0 Å². The largest absolute Gasteiger partial charge is 0.259 e. The molecule has 0 aliphatic heterocycles. The first kappa shape index (κ1) is 8.04. The Labute approximate surface area is 74.8 Å². The second-order valence-electron chi connectivity index (χ2n) is 2.13. The number of halogens is 1. The Morgan fingerprint density at radius 3 is 2.60 bits per heavy atom. The minimum Gasteiger partial charge on any atom is -0.259 e. The Balaban J connectivity index is 2.97. The van der Waals surface area contributed by atoms with Gasteiger partial charge in [-0.05, 0) is 35.9 Å². The lowest BCUT2D eigenvalue weighted by Gasteiger charge is -1.96. The molecule has 1 aromatic rings. The summed E-state index contributed by atoms with van der Waals surface area (Å²) in [6.45, 7) is 5.23. The van der Waals surface area contributed by atoms with Gasteiger partial charge in [-0.25, -0.2) is 0 Å². The van der Waals surface area contributed by atoms with Gasteiger partial charge in [0.25, 0.3) is 0 Å². The average molecular weight is 250 g/mol. The van der Waals surface area contributed by atoms with Crippen LogP contribution in [0.4, 0.5) is 0 Å². The topological polar surface area (TPSA) is 17.8 Å². The van der Waals surface area contributed by atoms with E-state index in [2.05, 4.69) is 41.5 Å². The predicted molar refractivity (Wildman–Crippen MR) is 50.0 cm³/mol. The van der Waals surface area contributed by atoms with E-state index >= 15 is 0 Å². The molecule has 0 unspecified atom stereocenters. The Hall–Kier alpha value is -0.0600. The lowest BCUT2D eigenvalue weighted by atomic mass is 10.3. The van der Waals surface area contributed by atoms with Crippen molar-refractivity contribution in [2.75, 3.05) is 0 Å². The highest BCUT2D eigenvalue weighted by atomic mass is 127. The Morgan fingerprint density at radius 1 is 1.60 bits per heavy atom. The van der Waals surface area contributed by atoms with Gasteiger partial charge < -0.3 is 0 Å². The Morgan fingerprint density at radius 2 is 2.30 bits per heavy atom. The van der Waals surface area contributed by atoms with E-state index in [1.165, 1.54) is 9.26 Å². The van der Waals surface area contributed by atoms with E-state index in [0.29, 0.717) is 0 Å². The molecule has 0 amide bonds. The van der Waals surface area contributed by atoms with Crippen molar-refractivity contribution in [1.29, 1.82) is 0 Å². The molecule has 56 valence electrons. The maximum Gasteiger partial charge on any atom is 0.102 e. The van der Waals surface area contributed by atoms with Crippen LogP contribution in [0.15, 0.2) is 6.20 Å². The zero-order chi connectivity index (χ0) is 7.56. The number of hydrogen-bond acceptors (Lipinski definition) is 1. The molecular weight excluding hydrogens is 239 g/mol. The van der Waals surface area contributed by atoms with E-state index in [1.54, 1.807) is 0 Å². The maximum absolute atomic E-state index is 4.21. The number of nitrogens with zero attached hydrogens (tertiary/aromatic N) is 2. The van der Waals surface area contributed by atoms with Gasteiger partial charge in [0.2, 0.25) is 0 Å². The van der Waals surface area contributed by atoms with Gasteiger partial charge >= 0.3 is 0 Å². The fourth-order valence-electron chi connectivity index (χ4n) is 0.867. The zero-order valence-corrected chi connectivity index (χ0v) is 8.42. The van der Waals surface area contributed by atoms with Crippen molar-refractivity contribution in [3.05, 3.63) is 15.5 Å². The van der Waals surface area contributed by atoms with Crippen LogP contribution in [0, 0.1) is 3.70 Å². The first-order chi connectivity index (χ1) is 4.79. The van der Waals surface area contributed by atoms with Crippen LogP contribution >= 0.6 is 22.6 Å². The van der Waals surface area contributed by atoms with Crippen molar-refractivity contribution in [1.82, 2.24) is 9.78 Å². The standard InChI is InChI=1S/C7H11IN2/c1-3-6-5-9-10(4-2)7(6)8/h5H,3-4H2,1-2H3. The highest BCUT2D eigenvalue weighted by Gasteiger charge is 2.02. The third kappa shape index (κ3) is 1.33. The van der Waals surface area contributed by atoms with Gasteiger partial charge in [-0.15, -0.1) is 0 Å². The smallest absolute Gasteiger partial charge is 0.102 e. The highest BCUT2D eigenvalue weighted by Crippen LogP contribution is 2.11. The molecule has 1 heterocycles. The van der Waals surface area contributed by atoms with Crippen LogP contribution in [0.25, 0.3) is 0 Å². The Bertz CT molecular complexity index is 196. The number of rotatable bonds is 2. The molecule has 0 N–H and O–H groups in total. The molecule has 1 rings (SSSR count). The van der Waals surface area contributed by atoms with E-state index in [-0.39, 0.29) is 0 Å². The van der Waals surface area contributed by atoms with E-state index < -0.39 is 0 Å². The SMILES string of the molecule is CCc1cnn(CC)c1I. The molecule has 2 nitrogen and oxygen atoms in total. The highest BCUT2D eigenvalue weighted by molar-refractivity contribution is 14.1. The van der Waals surface area contributed by atoms with Crippen LogP contribution in [0.2, 0.25) is 0 Å². The molecule has 0 aliphatic carbocycles. The third-order valence-corrected chi connectivity index (χ3v) is 2.77. The van der Waals surface area contributed by atoms with E-state index in [9.17, 15) is 0 Å². The van der Waals surface area contributed by atoms with Crippen molar-refractivity contribution in [2.45, 2.75) is 26.8 Å². The molecule has 0 radical (unpaired) electrons. The molecule has 0 bridgehead atoms. The average Bonchev–Trinajstić information content (AvgIpc) is 2.30. The van der Waals surface area contributed by atoms with Gasteiger partial charge in [-0.1, -0.05) is 6.92 Å². The quantitative estimate of drug-likeness (QED) is 0.734. The molecule has 3 heteroatoms. The predicted octanol–water partition coefficient (Wildman–Crippen LogP) is 2.07. The second kappa shape index (κ2) is 3.37. The van der Waals surface area contributed by atoms with Gasteiger partial charge in [0.15, 0.2) is 0 Å². The third-order valence-electron chi connectivity index (χ3n) is 1.52. The first-order valence-corrected chi connectivity index (χ1v) is 4.57. The molecule has 0 aliphatic rings. The maximum atomic E-state index is 4.21. The molecule has 0 saturated carbocycles. The van der Waals surface area contributed by atoms with Crippen LogP contribution in [0.1, 0.15) is 19.4 Å². The van der Waals surface area contributed by atoms with E-state index in [1.807, 2.05) is 10.9 Å². The van der Waals surface area contributed by atoms with Gasteiger partial charge in [0.05, 0.1) is 6.20 Å². The molecule has 0 atom stereocenters. The number of aryl methyl sites for hydroxylation is 2. The lowest BCUT2D eigenvalue weighted by molar-refractivity contribution is 0.642. The fraction of sp³-hybridized carbons (Fsp3) is 0.571. The minimum absolute atomic E-state index is 0.971. The molecule has 0 spiro atoms. The summed E-state index contributed by atoms with van der Waals surface area (Å²) in [5, 5.41) is 4.21. The van der Waals surface area contributed by atoms with Crippen LogP contribution in [0.5, 0.6) is 0 Å². The minimum atomic E-state index is 0.971. The number of aromatic nitrogens is 2. The lowest BCUT2D eigenvalue weighted by Crippen LogP contribution is -1.98. The summed E-state index contributed by atoms with van der Waals surface area (Å²) < 4.78 is 3.29. The summed E-state index contributed by atoms with van der Waals surface area (Å²) in [7, 11) is 0. The van der Waals surface area contributed by atoms with Gasteiger partial charge in [-0.2, -0.15) is 5.10 Å². The van der Waals surface area contributed by atoms with Crippen LogP contribution in [0.3, 0.4) is 0 Å². The molecule has 1 aromatic heterocycles. The van der Waals surface area contributed by atoms with Crippen LogP contribution in [-0.2, 0) is 13.0 Å². The molecule has 10 heavy (non-hydrogen) atoms. The van der Waals surface area contributed by atoms with Crippen molar-refractivity contribution in [2.24, 2.45) is 0 Å². The molecule has 0 fully saturated rings. The van der Waals surface area contributed by atoms with E-state index in [0.717, 1.165) is 13.0 Å². The van der Waals surface area contributed by atoms with Crippen molar-refractivity contribution >= 4 is 22.6 Å². The van der Waals surface area contributed by atoms with Crippen molar-refractivity contribution < 1.29 is 0 Å². The van der Waals surface area contributed by atoms with Crippen molar-refractivity contribution in [3.8, 4) is 0 Å². The van der Waals surface area contributed by atoms with Gasteiger partial charge in [0.1, 0.15) is 3.70 Å². The summed E-state index contributed by atoms with van der Waals surface area (Å²) >= 11 is 2.34. The first-order valence-electron chi connectivity index (χ1n) is 3.49. The summed E-state index contributed by atoms with van der Waals surface area (Å²) in [6.07, 6.45) is 3.03. The van der Waals surface area contributed by atoms with Gasteiger partial charge in [0, 0.05) is 12.1 Å². The van der Waals surface area contributed by atoms with E-state index in [4.69, 9.17) is 0 Å². The summed E-state index contributed by atoms with van der Waals surface area (Å²) in [6, 6.07) is 0. The molecular formula is C7H11IN2. The fourth-order valence-corrected chi connectivity index (χ4v) is 1.85. The zero-order valence-electron chi connectivity index (χ0n) is 6.26.